The number of nitrogens with one attached hydrogen (secondary N) is 1. The third kappa shape index (κ3) is 7.22. The van der Waals surface area contributed by atoms with E-state index in [1.807, 2.05) is 48.6 Å². The molecule has 1 atom stereocenters. The summed E-state index contributed by atoms with van der Waals surface area (Å²) in [5, 5.41) is 4.51. The van der Waals surface area contributed by atoms with Crippen LogP contribution < -0.4 is 5.32 Å². The Balaban J connectivity index is 2.24. The van der Waals surface area contributed by atoms with Crippen LogP contribution in [0.5, 0.6) is 0 Å². The number of anilines is 1. The van der Waals surface area contributed by atoms with E-state index in [1.54, 1.807) is 12.1 Å². The van der Waals surface area contributed by atoms with E-state index in [-0.39, 0.29) is 6.04 Å². The minimum absolute atomic E-state index is 0.0666. The zero-order valence-corrected chi connectivity index (χ0v) is 17.2. The van der Waals surface area contributed by atoms with Crippen LogP contribution in [0.25, 0.3) is 0 Å². The summed E-state index contributed by atoms with van der Waals surface area (Å²) in [5.74, 6) is 0. The quantitative estimate of drug-likeness (QED) is 0.330. The van der Waals surface area contributed by atoms with Crippen LogP contribution in [0.2, 0.25) is 10.0 Å². The SMILES string of the molecule is C=C/C=C\C=C/CC(Nc1ccc(Cl)c(Cl)c1)/C(=C/C=C1/C=CC=CC1)N=C. The molecule has 0 aliphatic heterocycles. The van der Waals surface area contributed by atoms with Gasteiger partial charge in [-0.1, -0.05) is 90.5 Å². The van der Waals surface area contributed by atoms with Gasteiger partial charge in [0.25, 0.3) is 0 Å². The average molecular weight is 411 g/mol. The Labute approximate surface area is 177 Å². The average Bonchev–Trinajstić information content (AvgIpc) is 2.71. The maximum Gasteiger partial charge on any atom is 0.0719 e. The minimum atomic E-state index is -0.0666. The van der Waals surface area contributed by atoms with Crippen LogP contribution in [0.15, 0.2) is 108 Å². The number of benzene rings is 1. The van der Waals surface area contributed by atoms with Gasteiger partial charge in [-0.15, -0.1) is 0 Å². The van der Waals surface area contributed by atoms with Crippen molar-refractivity contribution in [3.8, 4) is 0 Å². The lowest BCUT2D eigenvalue weighted by molar-refractivity contribution is 0.828. The molecule has 1 N–H and O–H groups in total. The van der Waals surface area contributed by atoms with Crippen molar-refractivity contribution >= 4 is 35.6 Å². The molecule has 0 saturated heterocycles. The van der Waals surface area contributed by atoms with E-state index in [4.69, 9.17) is 23.2 Å². The Bertz CT molecular complexity index is 871. The first-order valence-corrected chi connectivity index (χ1v) is 9.76. The lowest BCUT2D eigenvalue weighted by atomic mass is 10.0. The highest BCUT2D eigenvalue weighted by Crippen LogP contribution is 2.27. The van der Waals surface area contributed by atoms with Crippen LogP contribution in [0.1, 0.15) is 12.8 Å². The standard InChI is InChI=1S/C24H24Cl2N2/c1-3-4-5-6-10-13-24(28-20-15-16-21(25)22(26)18-20)23(27-2)17-14-19-11-8-7-9-12-19/h3-11,14-18,24,28H,1-2,12-13H2/b5-4-,10-6-,19-14-,23-17-. The van der Waals surface area contributed by atoms with Gasteiger partial charge in [0.1, 0.15) is 0 Å². The molecule has 0 spiro atoms. The lowest BCUT2D eigenvalue weighted by Crippen LogP contribution is -2.20. The summed E-state index contributed by atoms with van der Waals surface area (Å²) in [6.07, 6.45) is 23.6. The number of hydrogen-bond acceptors (Lipinski definition) is 2. The van der Waals surface area contributed by atoms with Crippen molar-refractivity contribution in [2.24, 2.45) is 4.99 Å². The van der Waals surface area contributed by atoms with Gasteiger partial charge in [0.15, 0.2) is 0 Å². The fourth-order valence-electron chi connectivity index (χ4n) is 2.60. The van der Waals surface area contributed by atoms with E-state index in [2.05, 4.69) is 47.9 Å². The molecule has 1 aliphatic rings. The number of allylic oxidation sites excluding steroid dienone is 11. The van der Waals surface area contributed by atoms with Crippen molar-refractivity contribution in [3.05, 3.63) is 113 Å². The van der Waals surface area contributed by atoms with Gasteiger partial charge in [-0.2, -0.15) is 0 Å². The monoisotopic (exact) mass is 410 g/mol. The molecule has 144 valence electrons. The van der Waals surface area contributed by atoms with Gasteiger partial charge in [0, 0.05) is 5.69 Å². The van der Waals surface area contributed by atoms with Crippen LogP contribution in [0, 0.1) is 0 Å². The molecule has 0 fully saturated rings. The molecule has 0 amide bonds. The van der Waals surface area contributed by atoms with E-state index >= 15 is 0 Å². The minimum Gasteiger partial charge on any atom is -0.376 e. The molecule has 0 radical (unpaired) electrons. The predicted octanol–water partition coefficient (Wildman–Crippen LogP) is 7.49. The van der Waals surface area contributed by atoms with E-state index in [0.717, 1.165) is 24.2 Å². The third-order valence-electron chi connectivity index (χ3n) is 4.05. The predicted molar refractivity (Wildman–Crippen MR) is 126 cm³/mol. The van der Waals surface area contributed by atoms with E-state index < -0.39 is 0 Å². The molecule has 0 aromatic heterocycles. The molecule has 2 rings (SSSR count). The molecular formula is C24H24Cl2N2. The van der Waals surface area contributed by atoms with Gasteiger partial charge in [-0.05, 0) is 49.4 Å². The largest absolute Gasteiger partial charge is 0.376 e. The smallest absolute Gasteiger partial charge is 0.0719 e. The number of rotatable bonds is 9. The van der Waals surface area contributed by atoms with Gasteiger partial charge in [0.2, 0.25) is 0 Å². The highest BCUT2D eigenvalue weighted by molar-refractivity contribution is 6.42. The summed E-state index contributed by atoms with van der Waals surface area (Å²) in [6.45, 7) is 7.43. The highest BCUT2D eigenvalue weighted by atomic mass is 35.5. The zero-order valence-electron chi connectivity index (χ0n) is 15.7. The molecule has 1 aliphatic carbocycles. The topological polar surface area (TPSA) is 24.4 Å². The van der Waals surface area contributed by atoms with Crippen molar-refractivity contribution in [2.45, 2.75) is 18.9 Å². The zero-order chi connectivity index (χ0) is 20.2. The molecule has 1 unspecified atom stereocenters. The van der Waals surface area contributed by atoms with Crippen molar-refractivity contribution in [2.75, 3.05) is 5.32 Å². The summed E-state index contributed by atoms with van der Waals surface area (Å²) in [5.41, 5.74) is 2.94. The van der Waals surface area contributed by atoms with E-state index in [9.17, 15) is 0 Å². The molecule has 1 aromatic rings. The molecule has 1 aromatic carbocycles. The van der Waals surface area contributed by atoms with E-state index in [0.29, 0.717) is 10.0 Å². The molecule has 0 heterocycles. The highest BCUT2D eigenvalue weighted by Gasteiger charge is 2.12. The van der Waals surface area contributed by atoms with Crippen LogP contribution in [0.3, 0.4) is 0 Å². The Kier molecular flexibility index (Phi) is 9.33. The summed E-state index contributed by atoms with van der Waals surface area (Å²) >= 11 is 12.2. The van der Waals surface area contributed by atoms with Crippen LogP contribution in [-0.2, 0) is 0 Å². The summed E-state index contributed by atoms with van der Waals surface area (Å²) in [6, 6.07) is 5.42. The second-order valence-corrected chi connectivity index (χ2v) is 6.91. The summed E-state index contributed by atoms with van der Waals surface area (Å²) in [4.78, 5) is 4.26. The van der Waals surface area contributed by atoms with Gasteiger partial charge in [0.05, 0.1) is 21.8 Å². The number of nitrogens with zero attached hydrogens (tertiary/aromatic N) is 1. The molecule has 2 nitrogen and oxygen atoms in total. The van der Waals surface area contributed by atoms with Crippen molar-refractivity contribution < 1.29 is 0 Å². The molecule has 28 heavy (non-hydrogen) atoms. The van der Waals surface area contributed by atoms with Crippen LogP contribution >= 0.6 is 23.2 Å². The molecule has 4 heteroatoms. The summed E-state index contributed by atoms with van der Waals surface area (Å²) in [7, 11) is 0. The number of hydrogen-bond donors (Lipinski definition) is 1. The van der Waals surface area contributed by atoms with Crippen molar-refractivity contribution in [3.63, 3.8) is 0 Å². The second-order valence-electron chi connectivity index (χ2n) is 6.09. The van der Waals surface area contributed by atoms with Crippen LogP contribution in [0.4, 0.5) is 5.69 Å². The first-order chi connectivity index (χ1) is 13.6. The molecular weight excluding hydrogens is 387 g/mol. The maximum atomic E-state index is 6.16. The van der Waals surface area contributed by atoms with Gasteiger partial charge >= 0.3 is 0 Å². The molecule has 0 saturated carbocycles. The van der Waals surface area contributed by atoms with E-state index in [1.165, 1.54) is 5.57 Å². The Morgan fingerprint density at radius 2 is 2.04 bits per heavy atom. The fraction of sp³-hybridized carbons (Fsp3) is 0.125. The maximum absolute atomic E-state index is 6.16. The lowest BCUT2D eigenvalue weighted by Gasteiger charge is -2.19. The number of aliphatic imine (C=N–C) groups is 1. The van der Waals surface area contributed by atoms with Crippen LogP contribution in [-0.4, -0.2) is 12.8 Å². The van der Waals surface area contributed by atoms with Gasteiger partial charge in [-0.3, -0.25) is 4.99 Å². The normalized spacial score (nSPS) is 16.8. The Morgan fingerprint density at radius 3 is 2.71 bits per heavy atom. The van der Waals surface area contributed by atoms with Gasteiger partial charge in [-0.25, -0.2) is 0 Å². The number of halogens is 2. The Hall–Kier alpha value is -2.55. The first kappa shape index (κ1) is 21.7. The second kappa shape index (κ2) is 12.0. The molecule has 0 bridgehead atoms. The van der Waals surface area contributed by atoms with Crippen molar-refractivity contribution in [1.82, 2.24) is 0 Å². The fourth-order valence-corrected chi connectivity index (χ4v) is 2.90. The summed E-state index contributed by atoms with van der Waals surface area (Å²) < 4.78 is 0. The van der Waals surface area contributed by atoms with Gasteiger partial charge < -0.3 is 5.32 Å². The Morgan fingerprint density at radius 1 is 1.18 bits per heavy atom. The third-order valence-corrected chi connectivity index (χ3v) is 4.78. The van der Waals surface area contributed by atoms with Crippen molar-refractivity contribution in [1.29, 1.82) is 0 Å². The first-order valence-electron chi connectivity index (χ1n) is 9.00.